The number of Topliss-reactive ketones (excluding diaryl/α,β-unsaturated/α-hetero) is 1. The second-order valence-electron chi connectivity index (χ2n) is 5.09. The summed E-state index contributed by atoms with van der Waals surface area (Å²) in [6.07, 6.45) is 5.80. The van der Waals surface area contributed by atoms with Crippen molar-refractivity contribution in [3.63, 3.8) is 0 Å². The summed E-state index contributed by atoms with van der Waals surface area (Å²) in [7, 11) is 0. The maximum Gasteiger partial charge on any atom is 0.179 e. The van der Waals surface area contributed by atoms with Gasteiger partial charge in [0.2, 0.25) is 0 Å². The van der Waals surface area contributed by atoms with Crippen LogP contribution in [0.5, 0.6) is 0 Å². The van der Waals surface area contributed by atoms with Crippen LogP contribution in [0.1, 0.15) is 42.5 Å². The van der Waals surface area contributed by atoms with Crippen molar-refractivity contribution in [2.45, 2.75) is 32.1 Å². The van der Waals surface area contributed by atoms with Gasteiger partial charge in [0.25, 0.3) is 0 Å². The van der Waals surface area contributed by atoms with E-state index in [1.165, 1.54) is 25.3 Å². The Labute approximate surface area is 112 Å². The van der Waals surface area contributed by atoms with Crippen molar-refractivity contribution in [3.05, 3.63) is 35.4 Å². The van der Waals surface area contributed by atoms with Crippen LogP contribution in [-0.4, -0.2) is 30.3 Å². The predicted octanol–water partition coefficient (Wildman–Crippen LogP) is 3.41. The number of carbonyl (C=O) groups excluding carboxylic acids is 1. The SMILES string of the molecule is O=C(CN1CCCCCCC1)c1ccc(F)cc1F. The zero-order valence-corrected chi connectivity index (χ0v) is 11.0. The summed E-state index contributed by atoms with van der Waals surface area (Å²) in [5.41, 5.74) is -0.0107. The highest BCUT2D eigenvalue weighted by atomic mass is 19.1. The molecule has 0 saturated carbocycles. The van der Waals surface area contributed by atoms with Crippen molar-refractivity contribution in [2.75, 3.05) is 19.6 Å². The van der Waals surface area contributed by atoms with Crippen molar-refractivity contribution >= 4 is 5.78 Å². The van der Waals surface area contributed by atoms with Gasteiger partial charge in [-0.1, -0.05) is 19.3 Å². The standard InChI is InChI=1S/C15H19F2NO/c16-12-6-7-13(14(17)10-12)15(19)11-18-8-4-2-1-3-5-9-18/h6-7,10H,1-5,8-9,11H2. The van der Waals surface area contributed by atoms with E-state index in [4.69, 9.17) is 0 Å². The zero-order chi connectivity index (χ0) is 13.7. The molecule has 0 unspecified atom stereocenters. The first kappa shape index (κ1) is 14.1. The lowest BCUT2D eigenvalue weighted by Gasteiger charge is -2.23. The molecule has 1 aromatic rings. The number of hydrogen-bond acceptors (Lipinski definition) is 2. The van der Waals surface area contributed by atoms with E-state index in [-0.39, 0.29) is 17.9 Å². The molecule has 2 nitrogen and oxygen atoms in total. The lowest BCUT2D eigenvalue weighted by Crippen LogP contribution is -2.33. The van der Waals surface area contributed by atoms with Gasteiger partial charge in [0, 0.05) is 6.07 Å². The quantitative estimate of drug-likeness (QED) is 0.782. The largest absolute Gasteiger partial charge is 0.296 e. The first-order valence-electron chi connectivity index (χ1n) is 6.87. The molecule has 0 spiro atoms. The summed E-state index contributed by atoms with van der Waals surface area (Å²) in [5, 5.41) is 0. The fraction of sp³-hybridized carbons (Fsp3) is 0.533. The summed E-state index contributed by atoms with van der Waals surface area (Å²) in [6.45, 7) is 1.99. The molecular weight excluding hydrogens is 248 g/mol. The summed E-state index contributed by atoms with van der Waals surface area (Å²) >= 11 is 0. The number of halogens is 2. The second-order valence-corrected chi connectivity index (χ2v) is 5.09. The first-order chi connectivity index (χ1) is 9.16. The highest BCUT2D eigenvalue weighted by Crippen LogP contribution is 2.14. The number of carbonyl (C=O) groups is 1. The molecule has 1 aliphatic rings. The molecular formula is C15H19F2NO. The van der Waals surface area contributed by atoms with Crippen molar-refractivity contribution in [2.24, 2.45) is 0 Å². The van der Waals surface area contributed by atoms with E-state index in [1.54, 1.807) is 0 Å². The van der Waals surface area contributed by atoms with Crippen LogP contribution < -0.4 is 0 Å². The molecule has 1 fully saturated rings. The van der Waals surface area contributed by atoms with E-state index in [0.717, 1.165) is 38.1 Å². The monoisotopic (exact) mass is 267 g/mol. The minimum absolute atomic E-state index is 0.0107. The third-order valence-electron chi connectivity index (χ3n) is 3.55. The maximum absolute atomic E-state index is 13.5. The molecule has 0 bridgehead atoms. The number of likely N-dealkylation sites (tertiary alicyclic amines) is 1. The molecule has 1 heterocycles. The normalized spacial score (nSPS) is 17.8. The molecule has 0 atom stereocenters. The third-order valence-corrected chi connectivity index (χ3v) is 3.55. The van der Waals surface area contributed by atoms with Gasteiger partial charge in [0.1, 0.15) is 11.6 Å². The van der Waals surface area contributed by atoms with Gasteiger partial charge in [0.05, 0.1) is 12.1 Å². The van der Waals surface area contributed by atoms with Crippen LogP contribution in [0.2, 0.25) is 0 Å². The van der Waals surface area contributed by atoms with E-state index in [2.05, 4.69) is 4.90 Å². The molecule has 1 aromatic carbocycles. The van der Waals surface area contributed by atoms with Gasteiger partial charge in [-0.05, 0) is 38.1 Å². The fourth-order valence-corrected chi connectivity index (χ4v) is 2.47. The van der Waals surface area contributed by atoms with Crippen LogP contribution >= 0.6 is 0 Å². The molecule has 19 heavy (non-hydrogen) atoms. The fourth-order valence-electron chi connectivity index (χ4n) is 2.47. The lowest BCUT2D eigenvalue weighted by molar-refractivity contribution is 0.0920. The molecule has 0 amide bonds. The Balaban J connectivity index is 1.99. The van der Waals surface area contributed by atoms with Crippen LogP contribution in [0.25, 0.3) is 0 Å². The molecule has 0 aliphatic carbocycles. The molecule has 1 saturated heterocycles. The van der Waals surface area contributed by atoms with E-state index >= 15 is 0 Å². The Hall–Kier alpha value is -1.29. The van der Waals surface area contributed by atoms with Crippen LogP contribution in [0.15, 0.2) is 18.2 Å². The minimum Gasteiger partial charge on any atom is -0.296 e. The molecule has 2 rings (SSSR count). The molecule has 4 heteroatoms. The molecule has 0 N–H and O–H groups in total. The number of hydrogen-bond donors (Lipinski definition) is 0. The van der Waals surface area contributed by atoms with Crippen molar-refractivity contribution in [1.29, 1.82) is 0 Å². The van der Waals surface area contributed by atoms with E-state index < -0.39 is 11.6 Å². The molecule has 0 radical (unpaired) electrons. The second kappa shape index (κ2) is 6.75. The Morgan fingerprint density at radius 3 is 2.32 bits per heavy atom. The lowest BCUT2D eigenvalue weighted by atomic mass is 10.1. The van der Waals surface area contributed by atoms with Crippen LogP contribution in [-0.2, 0) is 0 Å². The Bertz CT molecular complexity index is 440. The van der Waals surface area contributed by atoms with Gasteiger partial charge in [-0.3, -0.25) is 9.69 Å². The Kier molecular flexibility index (Phi) is 5.02. The van der Waals surface area contributed by atoms with Crippen molar-refractivity contribution < 1.29 is 13.6 Å². The summed E-state index contributed by atoms with van der Waals surface area (Å²) in [6, 6.07) is 3.13. The molecule has 104 valence electrons. The van der Waals surface area contributed by atoms with Crippen LogP contribution in [0.4, 0.5) is 8.78 Å². The molecule has 1 aliphatic heterocycles. The van der Waals surface area contributed by atoms with Crippen molar-refractivity contribution in [1.82, 2.24) is 4.90 Å². The Morgan fingerprint density at radius 2 is 1.68 bits per heavy atom. The summed E-state index contributed by atoms with van der Waals surface area (Å²) in [4.78, 5) is 14.1. The van der Waals surface area contributed by atoms with Gasteiger partial charge in [0.15, 0.2) is 5.78 Å². The highest BCUT2D eigenvalue weighted by Gasteiger charge is 2.17. The third kappa shape index (κ3) is 4.10. The van der Waals surface area contributed by atoms with Gasteiger partial charge < -0.3 is 0 Å². The van der Waals surface area contributed by atoms with Gasteiger partial charge in [-0.25, -0.2) is 8.78 Å². The average Bonchev–Trinajstić information content (AvgIpc) is 2.32. The van der Waals surface area contributed by atoms with E-state index in [9.17, 15) is 13.6 Å². The van der Waals surface area contributed by atoms with Crippen molar-refractivity contribution in [3.8, 4) is 0 Å². The zero-order valence-electron chi connectivity index (χ0n) is 11.0. The summed E-state index contributed by atoms with van der Waals surface area (Å²) in [5.74, 6) is -1.68. The predicted molar refractivity (Wildman–Crippen MR) is 70.2 cm³/mol. The minimum atomic E-state index is -0.767. The maximum atomic E-state index is 13.5. The van der Waals surface area contributed by atoms with Gasteiger partial charge in [-0.15, -0.1) is 0 Å². The van der Waals surface area contributed by atoms with Crippen LogP contribution in [0.3, 0.4) is 0 Å². The number of rotatable bonds is 3. The smallest absolute Gasteiger partial charge is 0.179 e. The highest BCUT2D eigenvalue weighted by molar-refractivity contribution is 5.97. The van der Waals surface area contributed by atoms with E-state index in [0.29, 0.717) is 0 Å². The average molecular weight is 267 g/mol. The van der Waals surface area contributed by atoms with E-state index in [1.807, 2.05) is 0 Å². The van der Waals surface area contributed by atoms with Gasteiger partial charge in [-0.2, -0.15) is 0 Å². The number of ketones is 1. The first-order valence-corrected chi connectivity index (χ1v) is 6.87. The van der Waals surface area contributed by atoms with Crippen LogP contribution in [0, 0.1) is 11.6 Å². The topological polar surface area (TPSA) is 20.3 Å². The number of benzene rings is 1. The molecule has 0 aromatic heterocycles. The Morgan fingerprint density at radius 1 is 1.05 bits per heavy atom. The number of nitrogens with zero attached hydrogens (tertiary/aromatic N) is 1. The summed E-state index contributed by atoms with van der Waals surface area (Å²) < 4.78 is 26.3. The van der Waals surface area contributed by atoms with Gasteiger partial charge >= 0.3 is 0 Å².